The SMILES string of the molecule is C1CCCCC2CC3CCC2C2=C3C3=C2C2CC3CC2CCCC1. The van der Waals surface area contributed by atoms with Gasteiger partial charge in [0.05, 0.1) is 0 Å². The van der Waals surface area contributed by atoms with Gasteiger partial charge in [-0.3, -0.25) is 0 Å². The summed E-state index contributed by atoms with van der Waals surface area (Å²) in [5.74, 6) is 6.19. The molecule has 0 N–H and O–H groups in total. The number of hydrogen-bond donors (Lipinski definition) is 0. The van der Waals surface area contributed by atoms with Crippen LogP contribution < -0.4 is 0 Å². The van der Waals surface area contributed by atoms with E-state index < -0.39 is 0 Å². The smallest absolute Gasteiger partial charge is 0.0122 e. The number of allylic oxidation sites excluding steroid dienone is 4. The predicted octanol–water partition coefficient (Wildman–Crippen LogP) is 6.82. The summed E-state index contributed by atoms with van der Waals surface area (Å²) in [4.78, 5) is 0. The molecule has 0 aromatic rings. The molecule has 0 heterocycles. The van der Waals surface area contributed by atoms with E-state index in [1.165, 1.54) is 51.4 Å². The lowest BCUT2D eigenvalue weighted by molar-refractivity contribution is 0.174. The lowest BCUT2D eigenvalue weighted by Gasteiger charge is -2.54. The third-order valence-corrected chi connectivity index (χ3v) is 9.05. The Labute approximate surface area is 148 Å². The molecule has 0 saturated heterocycles. The lowest BCUT2D eigenvalue weighted by Crippen LogP contribution is -2.41. The molecule has 7 aliphatic rings. The van der Waals surface area contributed by atoms with Gasteiger partial charge >= 0.3 is 0 Å². The van der Waals surface area contributed by atoms with Gasteiger partial charge in [0.1, 0.15) is 0 Å². The van der Waals surface area contributed by atoms with Gasteiger partial charge in [0, 0.05) is 0 Å². The van der Waals surface area contributed by atoms with E-state index >= 15 is 0 Å². The second-order valence-corrected chi connectivity index (χ2v) is 10.1. The molecule has 6 unspecified atom stereocenters. The van der Waals surface area contributed by atoms with Crippen LogP contribution in [0.4, 0.5) is 0 Å². The summed E-state index contributed by atoms with van der Waals surface area (Å²) in [7, 11) is 0. The fourth-order valence-corrected chi connectivity index (χ4v) is 8.15. The van der Waals surface area contributed by atoms with Crippen LogP contribution in [0.15, 0.2) is 22.3 Å². The minimum absolute atomic E-state index is 1.00. The van der Waals surface area contributed by atoms with Crippen molar-refractivity contribution in [1.29, 1.82) is 0 Å². The molecule has 24 heavy (non-hydrogen) atoms. The molecule has 7 aliphatic carbocycles. The summed E-state index contributed by atoms with van der Waals surface area (Å²) in [6.45, 7) is 0. The van der Waals surface area contributed by atoms with Crippen molar-refractivity contribution >= 4 is 0 Å². The van der Waals surface area contributed by atoms with Gasteiger partial charge in [0.15, 0.2) is 0 Å². The third-order valence-electron chi connectivity index (χ3n) is 9.05. The van der Waals surface area contributed by atoms with E-state index in [-0.39, 0.29) is 0 Å². The van der Waals surface area contributed by atoms with Gasteiger partial charge in [0.2, 0.25) is 0 Å². The molecule has 0 amide bonds. The Bertz CT molecular complexity index is 606. The third kappa shape index (κ3) is 1.92. The quantitative estimate of drug-likeness (QED) is 0.459. The largest absolute Gasteiger partial charge is 0.0533 e. The second kappa shape index (κ2) is 5.49. The number of rotatable bonds is 0. The number of fused-ring (bicyclic) bond motifs is 3. The summed E-state index contributed by atoms with van der Waals surface area (Å²) in [6, 6.07) is 0. The maximum absolute atomic E-state index is 2.00. The minimum Gasteiger partial charge on any atom is -0.0533 e. The van der Waals surface area contributed by atoms with Crippen molar-refractivity contribution in [1.82, 2.24) is 0 Å². The molecule has 0 aromatic carbocycles. The number of hydrogen-bond acceptors (Lipinski definition) is 0. The highest BCUT2D eigenvalue weighted by Gasteiger charge is 2.57. The zero-order chi connectivity index (χ0) is 15.7. The van der Waals surface area contributed by atoms with Crippen LogP contribution in [0.5, 0.6) is 0 Å². The molecule has 7 rings (SSSR count). The first-order valence-electron chi connectivity index (χ1n) is 11.4. The first-order chi connectivity index (χ1) is 11.9. The Morgan fingerprint density at radius 1 is 0.417 bits per heavy atom. The van der Waals surface area contributed by atoms with E-state index in [9.17, 15) is 0 Å². The highest BCUT2D eigenvalue weighted by atomic mass is 14.6. The highest BCUT2D eigenvalue weighted by Crippen LogP contribution is 2.70. The van der Waals surface area contributed by atoms with E-state index in [0.29, 0.717) is 0 Å². The molecule has 130 valence electrons. The van der Waals surface area contributed by atoms with Gasteiger partial charge in [0.25, 0.3) is 0 Å². The van der Waals surface area contributed by atoms with E-state index in [0.717, 1.165) is 35.5 Å². The standard InChI is InChI=1S/C24H34/c1-2-4-6-8-15-12-17-10-11-19(15)23-21(17)22-18-13-16(9-7-5-3-1)20(14-18)24(22)23/h15-20H,1-14H2. The van der Waals surface area contributed by atoms with E-state index in [4.69, 9.17) is 0 Å². The topological polar surface area (TPSA) is 0 Å². The van der Waals surface area contributed by atoms with Crippen molar-refractivity contribution < 1.29 is 0 Å². The average Bonchev–Trinajstić information content (AvgIpc) is 3.09. The first kappa shape index (κ1) is 14.6. The molecular weight excluding hydrogens is 288 g/mol. The van der Waals surface area contributed by atoms with Crippen LogP contribution >= 0.6 is 0 Å². The van der Waals surface area contributed by atoms with Crippen molar-refractivity contribution in [2.24, 2.45) is 35.5 Å². The van der Waals surface area contributed by atoms with Crippen molar-refractivity contribution in [3.63, 3.8) is 0 Å². The summed E-state index contributed by atoms with van der Waals surface area (Å²) < 4.78 is 0. The van der Waals surface area contributed by atoms with Gasteiger partial charge < -0.3 is 0 Å². The normalized spacial score (nSPS) is 47.0. The van der Waals surface area contributed by atoms with Crippen molar-refractivity contribution in [3.05, 3.63) is 22.3 Å². The van der Waals surface area contributed by atoms with Crippen LogP contribution in [0.25, 0.3) is 0 Å². The Kier molecular flexibility index (Phi) is 3.34. The molecule has 0 radical (unpaired) electrons. The van der Waals surface area contributed by atoms with Gasteiger partial charge in [-0.05, 0) is 103 Å². The summed E-state index contributed by atoms with van der Waals surface area (Å²) in [5.41, 5.74) is 7.96. The minimum atomic E-state index is 1.00. The van der Waals surface area contributed by atoms with Crippen LogP contribution in [0.2, 0.25) is 0 Å². The Morgan fingerprint density at radius 3 is 1.79 bits per heavy atom. The Balaban J connectivity index is 1.31. The van der Waals surface area contributed by atoms with Crippen molar-refractivity contribution in [3.8, 4) is 0 Å². The zero-order valence-corrected chi connectivity index (χ0v) is 15.4. The molecule has 0 nitrogen and oxygen atoms in total. The molecule has 6 atom stereocenters. The lowest BCUT2D eigenvalue weighted by atomic mass is 9.51. The molecular formula is C24H34. The summed E-state index contributed by atoms with van der Waals surface area (Å²) in [5, 5.41) is 0. The molecule has 3 fully saturated rings. The predicted molar refractivity (Wildman–Crippen MR) is 99.6 cm³/mol. The Hall–Kier alpha value is -0.520. The van der Waals surface area contributed by atoms with Crippen LogP contribution in [-0.2, 0) is 0 Å². The van der Waals surface area contributed by atoms with Crippen LogP contribution in [0.3, 0.4) is 0 Å². The Morgan fingerprint density at radius 2 is 1.00 bits per heavy atom. The summed E-state index contributed by atoms with van der Waals surface area (Å²) in [6.07, 6.45) is 21.5. The summed E-state index contributed by atoms with van der Waals surface area (Å²) >= 11 is 0. The van der Waals surface area contributed by atoms with Crippen LogP contribution in [0.1, 0.15) is 89.9 Å². The van der Waals surface area contributed by atoms with Gasteiger partial charge in [-0.1, -0.05) is 44.9 Å². The highest BCUT2D eigenvalue weighted by molar-refractivity contribution is 5.68. The maximum atomic E-state index is 2.00. The molecule has 0 spiro atoms. The fraction of sp³-hybridized carbons (Fsp3) is 0.833. The second-order valence-electron chi connectivity index (χ2n) is 10.1. The monoisotopic (exact) mass is 322 g/mol. The molecule has 6 bridgehead atoms. The average molecular weight is 323 g/mol. The van der Waals surface area contributed by atoms with Crippen LogP contribution in [-0.4, -0.2) is 0 Å². The van der Waals surface area contributed by atoms with Crippen molar-refractivity contribution in [2.75, 3.05) is 0 Å². The van der Waals surface area contributed by atoms with E-state index in [1.807, 2.05) is 22.3 Å². The van der Waals surface area contributed by atoms with Gasteiger partial charge in [-0.2, -0.15) is 0 Å². The molecule has 0 aromatic heterocycles. The van der Waals surface area contributed by atoms with E-state index in [1.54, 1.807) is 38.5 Å². The van der Waals surface area contributed by atoms with Crippen molar-refractivity contribution in [2.45, 2.75) is 89.9 Å². The molecule has 0 aliphatic heterocycles. The molecule has 0 heteroatoms. The van der Waals surface area contributed by atoms with Gasteiger partial charge in [-0.15, -0.1) is 0 Å². The van der Waals surface area contributed by atoms with E-state index in [2.05, 4.69) is 0 Å². The fourth-order valence-electron chi connectivity index (χ4n) is 8.15. The maximum Gasteiger partial charge on any atom is -0.0122 e. The first-order valence-corrected chi connectivity index (χ1v) is 11.4. The van der Waals surface area contributed by atoms with Gasteiger partial charge in [-0.25, -0.2) is 0 Å². The van der Waals surface area contributed by atoms with Crippen LogP contribution in [0, 0.1) is 35.5 Å². The zero-order valence-electron chi connectivity index (χ0n) is 15.4. The molecule has 3 saturated carbocycles.